The fraction of sp³-hybridized carbons (Fsp3) is 0.318. The molecule has 0 aliphatic rings. The zero-order valence-electron chi connectivity index (χ0n) is 18.4. The predicted molar refractivity (Wildman–Crippen MR) is 120 cm³/mol. The normalized spacial score (nSPS) is 11.3. The smallest absolute Gasteiger partial charge is 0.338 e. The molecule has 32 heavy (non-hydrogen) atoms. The van der Waals surface area contributed by atoms with Gasteiger partial charge in [0.15, 0.2) is 6.61 Å². The van der Waals surface area contributed by atoms with Gasteiger partial charge in [-0.25, -0.2) is 17.5 Å². The molecule has 0 unspecified atom stereocenters. The number of esters is 1. The summed E-state index contributed by atoms with van der Waals surface area (Å²) in [6, 6.07) is 11.8. The molecule has 10 heteroatoms. The quantitative estimate of drug-likeness (QED) is 0.552. The van der Waals surface area contributed by atoms with Crippen molar-refractivity contribution in [2.45, 2.75) is 18.7 Å². The summed E-state index contributed by atoms with van der Waals surface area (Å²) < 4.78 is 30.5. The minimum absolute atomic E-state index is 0.00538. The lowest BCUT2D eigenvalue weighted by Crippen LogP contribution is -2.29. The average molecular weight is 462 g/mol. The molecular weight excluding hydrogens is 434 g/mol. The lowest BCUT2D eigenvalue weighted by molar-refractivity contribution is -0.119. The van der Waals surface area contributed by atoms with Crippen molar-refractivity contribution in [2.24, 2.45) is 5.92 Å². The van der Waals surface area contributed by atoms with E-state index in [1.807, 2.05) is 13.8 Å². The fourth-order valence-corrected chi connectivity index (χ4v) is 3.53. The summed E-state index contributed by atoms with van der Waals surface area (Å²) >= 11 is 0. The lowest BCUT2D eigenvalue weighted by atomic mass is 10.1. The van der Waals surface area contributed by atoms with Crippen molar-refractivity contribution in [2.75, 3.05) is 32.6 Å². The van der Waals surface area contributed by atoms with Gasteiger partial charge in [0.05, 0.1) is 21.7 Å². The topological polar surface area (TPSA) is 122 Å². The summed E-state index contributed by atoms with van der Waals surface area (Å²) in [5, 5.41) is 5.34. The third-order valence-corrected chi connectivity index (χ3v) is 6.11. The second kappa shape index (κ2) is 10.9. The molecule has 2 rings (SSSR count). The Morgan fingerprint density at radius 1 is 1.03 bits per heavy atom. The number of sulfonamides is 1. The van der Waals surface area contributed by atoms with Gasteiger partial charge in [-0.3, -0.25) is 9.59 Å². The van der Waals surface area contributed by atoms with Crippen molar-refractivity contribution in [1.29, 1.82) is 0 Å². The number of benzene rings is 2. The van der Waals surface area contributed by atoms with E-state index < -0.39 is 28.5 Å². The molecule has 0 fully saturated rings. The maximum atomic E-state index is 12.4. The van der Waals surface area contributed by atoms with Crippen LogP contribution in [0, 0.1) is 5.92 Å². The molecule has 2 aromatic rings. The standard InChI is InChI=1S/C22H27N3O6S/c1-15(2)13-23-21(27)18-10-5-6-11-19(18)24-20(26)14-31-22(28)16-8-7-9-17(12-16)32(29,30)25(3)4/h5-12,15H,13-14H2,1-4H3,(H,23,27)(H,24,26). The molecule has 0 heterocycles. The molecule has 2 amide bonds. The highest BCUT2D eigenvalue weighted by molar-refractivity contribution is 7.89. The second-order valence-electron chi connectivity index (χ2n) is 7.59. The van der Waals surface area contributed by atoms with Crippen LogP contribution in [0.25, 0.3) is 0 Å². The van der Waals surface area contributed by atoms with Crippen molar-refractivity contribution in [3.8, 4) is 0 Å². The Kier molecular flexibility index (Phi) is 8.50. The molecule has 0 aliphatic heterocycles. The second-order valence-corrected chi connectivity index (χ2v) is 9.74. The van der Waals surface area contributed by atoms with Crippen LogP contribution in [0.4, 0.5) is 5.69 Å². The van der Waals surface area contributed by atoms with E-state index in [9.17, 15) is 22.8 Å². The zero-order chi connectivity index (χ0) is 23.9. The molecule has 0 saturated carbocycles. The Hall–Kier alpha value is -3.24. The highest BCUT2D eigenvalue weighted by atomic mass is 32.2. The molecule has 9 nitrogen and oxygen atoms in total. The van der Waals surface area contributed by atoms with Crippen LogP contribution in [0.3, 0.4) is 0 Å². The van der Waals surface area contributed by atoms with Crippen LogP contribution in [-0.4, -0.2) is 57.8 Å². The molecule has 0 atom stereocenters. The molecule has 2 N–H and O–H groups in total. The number of nitrogens with one attached hydrogen (secondary N) is 2. The number of carbonyl (C=O) groups is 3. The monoisotopic (exact) mass is 461 g/mol. The van der Waals surface area contributed by atoms with Gasteiger partial charge in [-0.15, -0.1) is 0 Å². The van der Waals surface area contributed by atoms with Crippen LogP contribution in [0.2, 0.25) is 0 Å². The summed E-state index contributed by atoms with van der Waals surface area (Å²) in [6.45, 7) is 3.81. The Labute approximate surface area is 187 Å². The van der Waals surface area contributed by atoms with Gasteiger partial charge in [0.2, 0.25) is 10.0 Å². The fourth-order valence-electron chi connectivity index (χ4n) is 2.58. The third kappa shape index (κ3) is 6.63. The van der Waals surface area contributed by atoms with Crippen molar-refractivity contribution in [3.05, 3.63) is 59.7 Å². The van der Waals surface area contributed by atoms with E-state index in [1.165, 1.54) is 38.4 Å². The maximum absolute atomic E-state index is 12.4. The van der Waals surface area contributed by atoms with Crippen molar-refractivity contribution >= 4 is 33.5 Å². The molecular formula is C22H27N3O6S. The van der Waals surface area contributed by atoms with E-state index in [-0.39, 0.29) is 33.5 Å². The van der Waals surface area contributed by atoms with Gasteiger partial charge >= 0.3 is 5.97 Å². The van der Waals surface area contributed by atoms with Crippen LogP contribution in [-0.2, 0) is 19.6 Å². The van der Waals surface area contributed by atoms with Crippen LogP contribution >= 0.6 is 0 Å². The Balaban J connectivity index is 2.03. The number of rotatable bonds is 9. The van der Waals surface area contributed by atoms with Gasteiger partial charge in [-0.2, -0.15) is 0 Å². The van der Waals surface area contributed by atoms with Gasteiger partial charge in [0.25, 0.3) is 11.8 Å². The van der Waals surface area contributed by atoms with Crippen molar-refractivity contribution in [3.63, 3.8) is 0 Å². The number of ether oxygens (including phenoxy) is 1. The lowest BCUT2D eigenvalue weighted by Gasteiger charge is -2.13. The van der Waals surface area contributed by atoms with E-state index in [0.717, 1.165) is 4.31 Å². The summed E-state index contributed by atoms with van der Waals surface area (Å²) in [7, 11) is -0.959. The highest BCUT2D eigenvalue weighted by Crippen LogP contribution is 2.17. The zero-order valence-corrected chi connectivity index (χ0v) is 19.2. The van der Waals surface area contributed by atoms with Crippen LogP contribution in [0.1, 0.15) is 34.6 Å². The number of anilines is 1. The average Bonchev–Trinajstić information content (AvgIpc) is 2.76. The minimum atomic E-state index is -3.72. The van der Waals surface area contributed by atoms with Crippen LogP contribution in [0.5, 0.6) is 0 Å². The number of amides is 2. The van der Waals surface area contributed by atoms with E-state index in [2.05, 4.69) is 10.6 Å². The third-order valence-electron chi connectivity index (χ3n) is 4.30. The summed E-state index contributed by atoms with van der Waals surface area (Å²) in [6.07, 6.45) is 0. The summed E-state index contributed by atoms with van der Waals surface area (Å²) in [5.74, 6) is -1.55. The first-order chi connectivity index (χ1) is 15.0. The first-order valence-corrected chi connectivity index (χ1v) is 11.3. The van der Waals surface area contributed by atoms with Gasteiger partial charge in [0.1, 0.15) is 0 Å². The van der Waals surface area contributed by atoms with Crippen molar-refractivity contribution in [1.82, 2.24) is 9.62 Å². The SMILES string of the molecule is CC(C)CNC(=O)c1ccccc1NC(=O)COC(=O)c1cccc(S(=O)(=O)N(C)C)c1. The molecule has 0 saturated heterocycles. The van der Waals surface area contributed by atoms with Gasteiger partial charge < -0.3 is 15.4 Å². The highest BCUT2D eigenvalue weighted by Gasteiger charge is 2.20. The first-order valence-electron chi connectivity index (χ1n) is 9.89. The van der Waals surface area contributed by atoms with Crippen LogP contribution < -0.4 is 10.6 Å². The molecule has 0 radical (unpaired) electrons. The largest absolute Gasteiger partial charge is 0.452 e. The summed E-state index contributed by atoms with van der Waals surface area (Å²) in [4.78, 5) is 36.9. The Morgan fingerprint density at radius 2 is 1.72 bits per heavy atom. The number of carbonyl (C=O) groups excluding carboxylic acids is 3. The molecule has 172 valence electrons. The Morgan fingerprint density at radius 3 is 2.38 bits per heavy atom. The van der Waals surface area contributed by atoms with E-state index in [1.54, 1.807) is 24.3 Å². The molecule has 0 bridgehead atoms. The van der Waals surface area contributed by atoms with Gasteiger partial charge in [0, 0.05) is 20.6 Å². The summed E-state index contributed by atoms with van der Waals surface area (Å²) in [5.41, 5.74) is 0.567. The number of hydrogen-bond acceptors (Lipinski definition) is 6. The Bertz CT molecular complexity index is 1100. The predicted octanol–water partition coefficient (Wildman–Crippen LogP) is 2.12. The molecule has 0 aromatic heterocycles. The van der Waals surface area contributed by atoms with Crippen molar-refractivity contribution < 1.29 is 27.5 Å². The maximum Gasteiger partial charge on any atom is 0.338 e. The first kappa shape index (κ1) is 25.0. The van der Waals surface area contributed by atoms with E-state index in [4.69, 9.17) is 4.74 Å². The minimum Gasteiger partial charge on any atom is -0.452 e. The number of hydrogen-bond donors (Lipinski definition) is 2. The van der Waals surface area contributed by atoms with Gasteiger partial charge in [-0.1, -0.05) is 32.0 Å². The van der Waals surface area contributed by atoms with Gasteiger partial charge in [-0.05, 0) is 36.2 Å². The molecule has 0 aliphatic carbocycles. The molecule has 0 spiro atoms. The van der Waals surface area contributed by atoms with Crippen LogP contribution in [0.15, 0.2) is 53.4 Å². The van der Waals surface area contributed by atoms with E-state index >= 15 is 0 Å². The van der Waals surface area contributed by atoms with E-state index in [0.29, 0.717) is 6.54 Å². The number of para-hydroxylation sites is 1. The number of nitrogens with zero attached hydrogens (tertiary/aromatic N) is 1. The molecule has 2 aromatic carbocycles.